The maximum atomic E-state index is 11.9. The molecule has 0 spiro atoms. The van der Waals surface area contributed by atoms with Crippen molar-refractivity contribution < 1.29 is 9.59 Å². The number of nitrogens with one attached hydrogen (secondary N) is 2. The highest BCUT2D eigenvalue weighted by Crippen LogP contribution is 2.30. The van der Waals surface area contributed by atoms with Gasteiger partial charge in [-0.15, -0.1) is 0 Å². The summed E-state index contributed by atoms with van der Waals surface area (Å²) in [6.07, 6.45) is 7.23. The molecule has 0 radical (unpaired) electrons. The number of nitriles is 1. The number of amides is 1. The minimum atomic E-state index is -0.502. The zero-order valence-electron chi connectivity index (χ0n) is 18.6. The van der Waals surface area contributed by atoms with Crippen molar-refractivity contribution in [2.24, 2.45) is 5.92 Å². The SMILES string of the molecule is CN(C)CCN(C)CC(C=O)Nc1cc(-c2cnc(NC(=O)C3CC3)cn2)cnc1C#N. The second-order valence-electron chi connectivity index (χ2n) is 8.23. The van der Waals surface area contributed by atoms with E-state index < -0.39 is 6.04 Å². The summed E-state index contributed by atoms with van der Waals surface area (Å²) in [6.45, 7) is 2.17. The molecule has 3 rings (SSSR count). The summed E-state index contributed by atoms with van der Waals surface area (Å²) in [4.78, 5) is 40.5. The minimum Gasteiger partial charge on any atom is -0.372 e. The highest BCUT2D eigenvalue weighted by Gasteiger charge is 2.29. The average molecular weight is 437 g/mol. The number of anilines is 2. The summed E-state index contributed by atoms with van der Waals surface area (Å²) < 4.78 is 0. The van der Waals surface area contributed by atoms with Crippen LogP contribution in [-0.2, 0) is 9.59 Å². The maximum absolute atomic E-state index is 11.9. The third-order valence-electron chi connectivity index (χ3n) is 5.08. The first-order chi connectivity index (χ1) is 15.4. The summed E-state index contributed by atoms with van der Waals surface area (Å²) in [5.41, 5.74) is 1.83. The van der Waals surface area contributed by atoms with Gasteiger partial charge in [0.2, 0.25) is 5.91 Å². The van der Waals surface area contributed by atoms with Crippen molar-refractivity contribution in [3.8, 4) is 17.3 Å². The first kappa shape index (κ1) is 23.2. The average Bonchev–Trinajstić information content (AvgIpc) is 3.63. The van der Waals surface area contributed by atoms with Gasteiger partial charge in [0.25, 0.3) is 0 Å². The Morgan fingerprint density at radius 2 is 2.00 bits per heavy atom. The molecule has 1 aliphatic rings. The number of nitrogens with zero attached hydrogens (tertiary/aromatic N) is 6. The van der Waals surface area contributed by atoms with Gasteiger partial charge in [-0.1, -0.05) is 0 Å². The Bertz CT molecular complexity index is 982. The van der Waals surface area contributed by atoms with E-state index >= 15 is 0 Å². The topological polar surface area (TPSA) is 127 Å². The Morgan fingerprint density at radius 3 is 2.59 bits per heavy atom. The molecular formula is C22H28N8O2. The van der Waals surface area contributed by atoms with Gasteiger partial charge in [0.05, 0.1) is 29.8 Å². The van der Waals surface area contributed by atoms with Crippen LogP contribution in [0.25, 0.3) is 11.3 Å². The number of carbonyl (C=O) groups excluding carboxylic acids is 2. The number of pyridine rings is 1. The monoisotopic (exact) mass is 436 g/mol. The van der Waals surface area contributed by atoms with E-state index in [0.29, 0.717) is 29.3 Å². The lowest BCUT2D eigenvalue weighted by Gasteiger charge is -2.23. The second kappa shape index (κ2) is 10.7. The molecule has 0 aliphatic heterocycles. The molecule has 1 unspecified atom stereocenters. The van der Waals surface area contributed by atoms with Gasteiger partial charge in [0.15, 0.2) is 11.5 Å². The van der Waals surface area contributed by atoms with E-state index in [1.807, 2.05) is 21.1 Å². The molecule has 1 amide bonds. The minimum absolute atomic E-state index is 0.0333. The zero-order chi connectivity index (χ0) is 23.1. The van der Waals surface area contributed by atoms with Crippen LogP contribution in [0.4, 0.5) is 11.5 Å². The van der Waals surface area contributed by atoms with Crippen molar-refractivity contribution in [1.29, 1.82) is 5.26 Å². The predicted octanol–water partition coefficient (Wildman–Crippen LogP) is 1.23. The molecule has 1 atom stereocenters. The molecule has 0 saturated heterocycles. The van der Waals surface area contributed by atoms with Crippen LogP contribution in [-0.4, -0.2) is 83.8 Å². The molecule has 2 aromatic rings. The van der Waals surface area contributed by atoms with Crippen molar-refractivity contribution in [1.82, 2.24) is 24.8 Å². The Hall–Kier alpha value is -3.42. The van der Waals surface area contributed by atoms with Gasteiger partial charge in [-0.2, -0.15) is 5.26 Å². The molecule has 168 valence electrons. The standard InChI is InChI=1S/C22H28N8O2/c1-29(2)6-7-30(3)13-17(14-31)27-18-8-16(10-24-19(18)9-23)20-11-26-21(12-25-20)28-22(32)15-4-5-15/h8,10-12,14-15,17,27H,4-7,13H2,1-3H3,(H,26,28,32). The number of likely N-dealkylation sites (N-methyl/N-ethyl adjacent to an activating group) is 2. The quantitative estimate of drug-likeness (QED) is 0.500. The van der Waals surface area contributed by atoms with Crippen LogP contribution in [0.5, 0.6) is 0 Å². The fourth-order valence-corrected chi connectivity index (χ4v) is 3.04. The predicted molar refractivity (Wildman–Crippen MR) is 121 cm³/mol. The Labute approximate surface area is 187 Å². The van der Waals surface area contributed by atoms with Crippen molar-refractivity contribution in [3.05, 3.63) is 30.4 Å². The van der Waals surface area contributed by atoms with Crippen molar-refractivity contribution in [2.45, 2.75) is 18.9 Å². The highest BCUT2D eigenvalue weighted by atomic mass is 16.2. The molecule has 10 heteroatoms. The molecule has 0 aromatic carbocycles. The molecule has 1 saturated carbocycles. The number of hydrogen-bond acceptors (Lipinski definition) is 9. The molecule has 0 bridgehead atoms. The maximum Gasteiger partial charge on any atom is 0.228 e. The summed E-state index contributed by atoms with van der Waals surface area (Å²) in [7, 11) is 5.94. The molecule has 32 heavy (non-hydrogen) atoms. The van der Waals surface area contributed by atoms with Crippen molar-refractivity contribution in [2.75, 3.05) is 51.4 Å². The van der Waals surface area contributed by atoms with Crippen LogP contribution in [0.3, 0.4) is 0 Å². The first-order valence-corrected chi connectivity index (χ1v) is 10.5. The van der Waals surface area contributed by atoms with Crippen LogP contribution >= 0.6 is 0 Å². The lowest BCUT2D eigenvalue weighted by molar-refractivity contribution is -0.117. The normalized spacial score (nSPS) is 14.1. The van der Waals surface area contributed by atoms with E-state index in [1.54, 1.807) is 12.3 Å². The van der Waals surface area contributed by atoms with Gasteiger partial charge in [0, 0.05) is 37.3 Å². The zero-order valence-corrected chi connectivity index (χ0v) is 18.6. The number of hydrogen-bond donors (Lipinski definition) is 2. The first-order valence-electron chi connectivity index (χ1n) is 10.5. The van der Waals surface area contributed by atoms with Crippen LogP contribution in [0, 0.1) is 17.2 Å². The van der Waals surface area contributed by atoms with Gasteiger partial charge >= 0.3 is 0 Å². The Balaban J connectivity index is 1.71. The van der Waals surface area contributed by atoms with Crippen molar-refractivity contribution >= 4 is 23.7 Å². The largest absolute Gasteiger partial charge is 0.372 e. The number of rotatable bonds is 11. The molecule has 2 N–H and O–H groups in total. The summed E-state index contributed by atoms with van der Waals surface area (Å²) in [5.74, 6) is 0.446. The Kier molecular flexibility index (Phi) is 7.81. The molecule has 2 aromatic heterocycles. The van der Waals surface area contributed by atoms with Gasteiger partial charge in [0.1, 0.15) is 12.4 Å². The van der Waals surface area contributed by atoms with E-state index in [1.165, 1.54) is 12.4 Å². The van der Waals surface area contributed by atoms with Gasteiger partial charge in [-0.3, -0.25) is 9.78 Å². The van der Waals surface area contributed by atoms with E-state index in [4.69, 9.17) is 0 Å². The molecule has 10 nitrogen and oxygen atoms in total. The van der Waals surface area contributed by atoms with Crippen LogP contribution < -0.4 is 10.6 Å². The molecule has 2 heterocycles. The van der Waals surface area contributed by atoms with Gasteiger partial charge in [-0.05, 0) is 40.1 Å². The Morgan fingerprint density at radius 1 is 1.22 bits per heavy atom. The second-order valence-corrected chi connectivity index (χ2v) is 8.23. The lowest BCUT2D eigenvalue weighted by Crippen LogP contribution is -2.38. The van der Waals surface area contributed by atoms with Crippen LogP contribution in [0.1, 0.15) is 18.5 Å². The molecular weight excluding hydrogens is 408 g/mol. The summed E-state index contributed by atoms with van der Waals surface area (Å²) in [5, 5.41) is 15.3. The van der Waals surface area contributed by atoms with E-state index in [0.717, 1.165) is 32.2 Å². The lowest BCUT2D eigenvalue weighted by atomic mass is 10.1. The van der Waals surface area contributed by atoms with E-state index in [-0.39, 0.29) is 17.5 Å². The van der Waals surface area contributed by atoms with E-state index in [9.17, 15) is 14.9 Å². The summed E-state index contributed by atoms with van der Waals surface area (Å²) >= 11 is 0. The van der Waals surface area contributed by atoms with Crippen LogP contribution in [0.15, 0.2) is 24.7 Å². The third kappa shape index (κ3) is 6.54. The highest BCUT2D eigenvalue weighted by molar-refractivity contribution is 5.93. The fourth-order valence-electron chi connectivity index (χ4n) is 3.04. The third-order valence-corrected chi connectivity index (χ3v) is 5.08. The van der Waals surface area contributed by atoms with Gasteiger partial charge < -0.3 is 25.2 Å². The van der Waals surface area contributed by atoms with Gasteiger partial charge in [-0.25, -0.2) is 9.97 Å². The fraction of sp³-hybridized carbons (Fsp3) is 0.455. The number of carbonyl (C=O) groups is 2. The molecule has 1 fully saturated rings. The smallest absolute Gasteiger partial charge is 0.228 e. The number of aromatic nitrogens is 3. The number of aldehydes is 1. The summed E-state index contributed by atoms with van der Waals surface area (Å²) in [6, 6.07) is 3.28. The van der Waals surface area contributed by atoms with Crippen molar-refractivity contribution in [3.63, 3.8) is 0 Å². The molecule has 1 aliphatic carbocycles. The van der Waals surface area contributed by atoms with E-state index in [2.05, 4.69) is 41.5 Å². The van der Waals surface area contributed by atoms with Crippen LogP contribution in [0.2, 0.25) is 0 Å².